The Hall–Kier alpha value is -2.35. The molecule has 88 valence electrons. The van der Waals surface area contributed by atoms with Gasteiger partial charge in [0.05, 0.1) is 5.52 Å². The Labute approximate surface area is 106 Å². The van der Waals surface area contributed by atoms with E-state index in [1.165, 1.54) is 0 Å². The first kappa shape index (κ1) is 10.8. The van der Waals surface area contributed by atoms with E-state index < -0.39 is 0 Å². The fraction of sp³-hybridized carbons (Fsp3) is 0.0625. The van der Waals surface area contributed by atoms with Crippen LogP contribution in [0, 0.1) is 6.92 Å². The number of aromatic nitrogens is 1. The molecule has 0 bridgehead atoms. The van der Waals surface area contributed by atoms with E-state index in [2.05, 4.69) is 23.2 Å². The Balaban J connectivity index is 2.37. The largest absolute Gasteiger partial charge is 0.398 e. The summed E-state index contributed by atoms with van der Waals surface area (Å²) in [7, 11) is 0. The van der Waals surface area contributed by atoms with Gasteiger partial charge in [0.1, 0.15) is 0 Å². The van der Waals surface area contributed by atoms with Crippen LogP contribution in [0.25, 0.3) is 22.0 Å². The SMILES string of the molecule is Cc1ccc2c(-c3ccccc3)c(N)ccc2n1. The molecule has 1 aromatic heterocycles. The number of nitrogen functional groups attached to an aromatic ring is 1. The first-order valence-corrected chi connectivity index (χ1v) is 5.97. The van der Waals surface area contributed by atoms with Crippen LogP contribution in [0.2, 0.25) is 0 Å². The molecular formula is C16H14N2. The maximum atomic E-state index is 6.13. The van der Waals surface area contributed by atoms with E-state index in [4.69, 9.17) is 5.73 Å². The van der Waals surface area contributed by atoms with Crippen LogP contribution in [0.1, 0.15) is 5.69 Å². The number of nitrogens with two attached hydrogens (primary N) is 1. The van der Waals surface area contributed by atoms with Crippen LogP contribution < -0.4 is 5.73 Å². The molecule has 0 spiro atoms. The molecule has 0 aliphatic rings. The van der Waals surface area contributed by atoms with E-state index >= 15 is 0 Å². The van der Waals surface area contributed by atoms with Crippen LogP contribution in [0.15, 0.2) is 54.6 Å². The number of hydrogen-bond acceptors (Lipinski definition) is 2. The first-order chi connectivity index (χ1) is 8.75. The molecule has 0 saturated carbocycles. The Kier molecular flexibility index (Phi) is 2.49. The smallest absolute Gasteiger partial charge is 0.0712 e. The van der Waals surface area contributed by atoms with Crippen LogP contribution in [0.5, 0.6) is 0 Å². The van der Waals surface area contributed by atoms with Gasteiger partial charge in [-0.25, -0.2) is 0 Å². The zero-order chi connectivity index (χ0) is 12.5. The van der Waals surface area contributed by atoms with Crippen molar-refractivity contribution in [3.63, 3.8) is 0 Å². The highest BCUT2D eigenvalue weighted by atomic mass is 14.7. The molecule has 0 amide bonds. The first-order valence-electron chi connectivity index (χ1n) is 5.97. The van der Waals surface area contributed by atoms with Crippen LogP contribution >= 0.6 is 0 Å². The number of nitrogens with zero attached hydrogens (tertiary/aromatic N) is 1. The lowest BCUT2D eigenvalue weighted by Crippen LogP contribution is -1.93. The summed E-state index contributed by atoms with van der Waals surface area (Å²) in [5, 5.41) is 1.10. The van der Waals surface area contributed by atoms with E-state index in [9.17, 15) is 0 Å². The van der Waals surface area contributed by atoms with Crippen molar-refractivity contribution in [1.29, 1.82) is 0 Å². The van der Waals surface area contributed by atoms with E-state index in [1.54, 1.807) is 0 Å². The lowest BCUT2D eigenvalue weighted by atomic mass is 9.98. The lowest BCUT2D eigenvalue weighted by molar-refractivity contribution is 1.26. The number of pyridine rings is 1. The zero-order valence-corrected chi connectivity index (χ0v) is 10.2. The average Bonchev–Trinajstić information content (AvgIpc) is 2.40. The monoisotopic (exact) mass is 234 g/mol. The van der Waals surface area contributed by atoms with E-state index in [1.807, 2.05) is 43.3 Å². The van der Waals surface area contributed by atoms with Gasteiger partial charge in [0.25, 0.3) is 0 Å². The van der Waals surface area contributed by atoms with Crippen LogP contribution in [-0.2, 0) is 0 Å². The van der Waals surface area contributed by atoms with Gasteiger partial charge >= 0.3 is 0 Å². The standard InChI is InChI=1S/C16H14N2/c1-11-7-8-13-15(18-11)10-9-14(17)16(13)12-5-3-2-4-6-12/h2-10H,17H2,1H3. The molecule has 0 aliphatic heterocycles. The third-order valence-corrected chi connectivity index (χ3v) is 3.11. The van der Waals surface area contributed by atoms with Crippen molar-refractivity contribution in [2.45, 2.75) is 6.92 Å². The number of rotatable bonds is 1. The molecule has 3 aromatic rings. The summed E-state index contributed by atoms with van der Waals surface area (Å²) in [6, 6.07) is 18.2. The number of hydrogen-bond donors (Lipinski definition) is 1. The Morgan fingerprint density at radius 1 is 0.889 bits per heavy atom. The highest BCUT2D eigenvalue weighted by Crippen LogP contribution is 2.33. The summed E-state index contributed by atoms with van der Waals surface area (Å²) >= 11 is 0. The molecular weight excluding hydrogens is 220 g/mol. The summed E-state index contributed by atoms with van der Waals surface area (Å²) in [5.41, 5.74) is 11.1. The summed E-state index contributed by atoms with van der Waals surface area (Å²) in [6.07, 6.45) is 0. The Bertz CT molecular complexity index is 703. The molecule has 2 aromatic carbocycles. The molecule has 2 heteroatoms. The maximum absolute atomic E-state index is 6.13. The number of fused-ring (bicyclic) bond motifs is 1. The van der Waals surface area contributed by atoms with Crippen molar-refractivity contribution in [2.24, 2.45) is 0 Å². The molecule has 0 atom stereocenters. The van der Waals surface area contributed by atoms with Crippen molar-refractivity contribution in [2.75, 3.05) is 5.73 Å². The minimum atomic E-state index is 0.791. The third-order valence-electron chi connectivity index (χ3n) is 3.11. The zero-order valence-electron chi connectivity index (χ0n) is 10.2. The predicted molar refractivity (Wildman–Crippen MR) is 76.3 cm³/mol. The predicted octanol–water partition coefficient (Wildman–Crippen LogP) is 3.79. The molecule has 2 N–H and O–H groups in total. The normalized spacial score (nSPS) is 10.7. The van der Waals surface area contributed by atoms with Gasteiger partial charge in [-0.05, 0) is 30.7 Å². The minimum Gasteiger partial charge on any atom is -0.398 e. The summed E-state index contributed by atoms with van der Waals surface area (Å²) in [5.74, 6) is 0. The maximum Gasteiger partial charge on any atom is 0.0712 e. The van der Waals surface area contributed by atoms with Crippen LogP contribution in [-0.4, -0.2) is 4.98 Å². The molecule has 0 aliphatic carbocycles. The van der Waals surface area contributed by atoms with Gasteiger partial charge in [-0.2, -0.15) is 0 Å². The highest BCUT2D eigenvalue weighted by Gasteiger charge is 2.08. The fourth-order valence-corrected chi connectivity index (χ4v) is 2.25. The van der Waals surface area contributed by atoms with Crippen molar-refractivity contribution < 1.29 is 0 Å². The summed E-state index contributed by atoms with van der Waals surface area (Å²) in [6.45, 7) is 2.00. The van der Waals surface area contributed by atoms with Crippen LogP contribution in [0.3, 0.4) is 0 Å². The molecule has 3 rings (SSSR count). The summed E-state index contributed by atoms with van der Waals surface area (Å²) < 4.78 is 0. The van der Waals surface area contributed by atoms with Gasteiger partial charge in [-0.15, -0.1) is 0 Å². The molecule has 1 heterocycles. The Morgan fingerprint density at radius 3 is 2.44 bits per heavy atom. The quantitative estimate of drug-likeness (QED) is 0.650. The van der Waals surface area contributed by atoms with Crippen molar-refractivity contribution in [3.05, 3.63) is 60.3 Å². The van der Waals surface area contributed by atoms with Gasteiger partial charge in [-0.1, -0.05) is 36.4 Å². The minimum absolute atomic E-state index is 0.791. The van der Waals surface area contributed by atoms with Crippen molar-refractivity contribution in [3.8, 4) is 11.1 Å². The van der Waals surface area contributed by atoms with Gasteiger partial charge < -0.3 is 5.73 Å². The third kappa shape index (κ3) is 1.72. The molecule has 2 nitrogen and oxygen atoms in total. The number of benzene rings is 2. The van der Waals surface area contributed by atoms with Crippen LogP contribution in [0.4, 0.5) is 5.69 Å². The topological polar surface area (TPSA) is 38.9 Å². The van der Waals surface area contributed by atoms with Gasteiger partial charge in [0, 0.05) is 22.3 Å². The Morgan fingerprint density at radius 2 is 1.67 bits per heavy atom. The van der Waals surface area contributed by atoms with Gasteiger partial charge in [-0.3, -0.25) is 4.98 Å². The second kappa shape index (κ2) is 4.15. The van der Waals surface area contributed by atoms with E-state index in [0.29, 0.717) is 0 Å². The van der Waals surface area contributed by atoms with Crippen molar-refractivity contribution in [1.82, 2.24) is 4.98 Å². The lowest BCUT2D eigenvalue weighted by Gasteiger charge is -2.10. The highest BCUT2D eigenvalue weighted by molar-refractivity contribution is 6.00. The van der Waals surface area contributed by atoms with Crippen molar-refractivity contribution >= 4 is 16.6 Å². The molecule has 0 saturated heterocycles. The number of anilines is 1. The van der Waals surface area contributed by atoms with E-state index in [0.717, 1.165) is 33.4 Å². The second-order valence-corrected chi connectivity index (χ2v) is 4.42. The molecule has 0 radical (unpaired) electrons. The molecule has 0 fully saturated rings. The molecule has 18 heavy (non-hydrogen) atoms. The van der Waals surface area contributed by atoms with Gasteiger partial charge in [0.15, 0.2) is 0 Å². The fourth-order valence-electron chi connectivity index (χ4n) is 2.25. The second-order valence-electron chi connectivity index (χ2n) is 4.42. The van der Waals surface area contributed by atoms with E-state index in [-0.39, 0.29) is 0 Å². The average molecular weight is 234 g/mol. The number of aryl methyl sites for hydroxylation is 1. The van der Waals surface area contributed by atoms with Gasteiger partial charge in [0.2, 0.25) is 0 Å². The molecule has 0 unspecified atom stereocenters. The summed E-state index contributed by atoms with van der Waals surface area (Å²) in [4.78, 5) is 4.55.